The van der Waals surface area contributed by atoms with Gasteiger partial charge in [0.2, 0.25) is 0 Å². The number of hydrogen-bond donors (Lipinski definition) is 0. The van der Waals surface area contributed by atoms with Crippen LogP contribution in [0, 0.1) is 13.8 Å². The van der Waals surface area contributed by atoms with Crippen LogP contribution in [-0.2, 0) is 0 Å². The van der Waals surface area contributed by atoms with Gasteiger partial charge in [-0.25, -0.2) is 0 Å². The molecule has 5 nitrogen and oxygen atoms in total. The van der Waals surface area contributed by atoms with Gasteiger partial charge < -0.3 is 4.57 Å². The van der Waals surface area contributed by atoms with Gasteiger partial charge in [-0.3, -0.25) is 9.59 Å². The number of hydrazone groups is 1. The number of amides is 2. The lowest BCUT2D eigenvalue weighted by molar-refractivity contribution is 0.0616. The van der Waals surface area contributed by atoms with Gasteiger partial charge in [-0.05, 0) is 51.3 Å². The molecule has 0 fully saturated rings. The Hall–Kier alpha value is -3.21. The van der Waals surface area contributed by atoms with Gasteiger partial charge in [-0.2, -0.15) is 10.1 Å². The van der Waals surface area contributed by atoms with Crippen molar-refractivity contribution in [3.8, 4) is 0 Å². The minimum Gasteiger partial charge on any atom is -0.346 e. The lowest BCUT2D eigenvalue weighted by Gasteiger charge is -2.23. The van der Waals surface area contributed by atoms with Crippen molar-refractivity contribution < 1.29 is 9.59 Å². The number of hydrogen-bond acceptors (Lipinski definition) is 3. The standard InChI is InChI=1S/C22H21N3O2/c1-13(2)24-14(3)11-17(15(24)4)12-23-25-21(26)18-9-5-7-16-8-6-10-19(20(16)18)22(25)27/h5-13H,1-4H3/b23-12-. The van der Waals surface area contributed by atoms with E-state index in [0.29, 0.717) is 22.6 Å². The quantitative estimate of drug-likeness (QED) is 0.512. The Kier molecular flexibility index (Phi) is 3.95. The summed E-state index contributed by atoms with van der Waals surface area (Å²) < 4.78 is 2.21. The van der Waals surface area contributed by atoms with Gasteiger partial charge in [0, 0.05) is 28.4 Å². The first-order valence-corrected chi connectivity index (χ1v) is 9.03. The monoisotopic (exact) mass is 359 g/mol. The van der Waals surface area contributed by atoms with Crippen LogP contribution in [0.1, 0.15) is 57.6 Å². The summed E-state index contributed by atoms with van der Waals surface area (Å²) >= 11 is 0. The maximum absolute atomic E-state index is 12.9. The van der Waals surface area contributed by atoms with E-state index in [0.717, 1.165) is 27.3 Å². The minimum absolute atomic E-state index is 0.329. The zero-order valence-electron chi connectivity index (χ0n) is 15.9. The third kappa shape index (κ3) is 2.58. The fourth-order valence-electron chi connectivity index (χ4n) is 3.97. The largest absolute Gasteiger partial charge is 0.346 e. The van der Waals surface area contributed by atoms with Crippen LogP contribution in [0.2, 0.25) is 0 Å². The number of nitrogens with zero attached hydrogens (tertiary/aromatic N) is 3. The molecule has 2 amide bonds. The van der Waals surface area contributed by atoms with Crippen LogP contribution in [0.25, 0.3) is 10.8 Å². The van der Waals surface area contributed by atoms with Crippen LogP contribution in [-0.4, -0.2) is 27.6 Å². The average molecular weight is 359 g/mol. The predicted molar refractivity (Wildman–Crippen MR) is 106 cm³/mol. The number of aryl methyl sites for hydroxylation is 1. The topological polar surface area (TPSA) is 54.7 Å². The smallest absolute Gasteiger partial charge is 0.282 e. The molecule has 0 saturated heterocycles. The molecule has 27 heavy (non-hydrogen) atoms. The van der Waals surface area contributed by atoms with E-state index in [1.54, 1.807) is 18.3 Å². The average Bonchev–Trinajstić information content (AvgIpc) is 2.93. The molecule has 1 aromatic heterocycles. The highest BCUT2D eigenvalue weighted by Crippen LogP contribution is 2.30. The van der Waals surface area contributed by atoms with Crippen molar-refractivity contribution in [1.29, 1.82) is 0 Å². The second kappa shape index (κ2) is 6.20. The van der Waals surface area contributed by atoms with Crippen LogP contribution in [0.4, 0.5) is 0 Å². The fourth-order valence-corrected chi connectivity index (χ4v) is 3.97. The lowest BCUT2D eigenvalue weighted by atomic mass is 9.95. The summed E-state index contributed by atoms with van der Waals surface area (Å²) in [6, 6.07) is 13.3. The Morgan fingerprint density at radius 2 is 1.56 bits per heavy atom. The first-order chi connectivity index (χ1) is 12.9. The van der Waals surface area contributed by atoms with Gasteiger partial charge in [-0.1, -0.05) is 24.3 Å². The van der Waals surface area contributed by atoms with Crippen LogP contribution < -0.4 is 0 Å². The van der Waals surface area contributed by atoms with Gasteiger partial charge in [0.15, 0.2) is 0 Å². The molecule has 0 bridgehead atoms. The highest BCUT2D eigenvalue weighted by atomic mass is 16.2. The van der Waals surface area contributed by atoms with Crippen molar-refractivity contribution in [2.75, 3.05) is 0 Å². The summed E-state index contributed by atoms with van der Waals surface area (Å²) in [5.41, 5.74) is 4.10. The zero-order valence-corrected chi connectivity index (χ0v) is 15.9. The van der Waals surface area contributed by atoms with E-state index in [-0.39, 0.29) is 0 Å². The van der Waals surface area contributed by atoms with E-state index in [2.05, 4.69) is 23.5 Å². The molecular formula is C22H21N3O2. The van der Waals surface area contributed by atoms with Crippen molar-refractivity contribution in [2.24, 2.45) is 5.10 Å². The maximum atomic E-state index is 12.9. The summed E-state index contributed by atoms with van der Waals surface area (Å²) in [6.45, 7) is 8.30. The highest BCUT2D eigenvalue weighted by molar-refractivity contribution is 6.25. The first kappa shape index (κ1) is 17.2. The van der Waals surface area contributed by atoms with Crippen molar-refractivity contribution in [2.45, 2.75) is 33.7 Å². The Labute approximate surface area is 157 Å². The minimum atomic E-state index is -0.391. The first-order valence-electron chi connectivity index (χ1n) is 9.03. The lowest BCUT2D eigenvalue weighted by Crippen LogP contribution is -2.36. The van der Waals surface area contributed by atoms with Crippen molar-refractivity contribution >= 4 is 28.8 Å². The van der Waals surface area contributed by atoms with E-state index < -0.39 is 11.8 Å². The van der Waals surface area contributed by atoms with Crippen LogP contribution >= 0.6 is 0 Å². The van der Waals surface area contributed by atoms with Crippen LogP contribution in [0.3, 0.4) is 0 Å². The number of carbonyl (C=O) groups excluding carboxylic acids is 2. The van der Waals surface area contributed by atoms with Gasteiger partial charge in [0.05, 0.1) is 17.3 Å². The number of carbonyl (C=O) groups is 2. The summed E-state index contributed by atoms with van der Waals surface area (Å²) in [5, 5.41) is 6.84. The molecule has 2 heterocycles. The third-order valence-corrected chi connectivity index (χ3v) is 5.10. The van der Waals surface area contributed by atoms with Gasteiger partial charge in [0.25, 0.3) is 11.8 Å². The Morgan fingerprint density at radius 1 is 0.963 bits per heavy atom. The van der Waals surface area contributed by atoms with Crippen molar-refractivity contribution in [3.05, 3.63) is 70.5 Å². The second-order valence-electron chi connectivity index (χ2n) is 7.17. The van der Waals surface area contributed by atoms with Crippen LogP contribution in [0.5, 0.6) is 0 Å². The van der Waals surface area contributed by atoms with E-state index in [1.807, 2.05) is 44.2 Å². The molecule has 0 atom stereocenters. The van der Waals surface area contributed by atoms with Gasteiger partial charge in [0.1, 0.15) is 0 Å². The number of imide groups is 1. The van der Waals surface area contributed by atoms with E-state index >= 15 is 0 Å². The molecule has 3 aromatic rings. The molecule has 1 aliphatic heterocycles. The summed E-state index contributed by atoms with van der Waals surface area (Å²) in [4.78, 5) is 25.8. The van der Waals surface area contributed by atoms with Crippen molar-refractivity contribution in [3.63, 3.8) is 0 Å². The summed E-state index contributed by atoms with van der Waals surface area (Å²) in [7, 11) is 0. The Balaban J connectivity index is 1.76. The highest BCUT2D eigenvalue weighted by Gasteiger charge is 2.32. The molecule has 5 heteroatoms. The third-order valence-electron chi connectivity index (χ3n) is 5.10. The van der Waals surface area contributed by atoms with Gasteiger partial charge >= 0.3 is 0 Å². The molecule has 0 spiro atoms. The molecule has 0 saturated carbocycles. The molecule has 4 rings (SSSR count). The molecule has 0 unspecified atom stereocenters. The molecule has 2 aromatic carbocycles. The predicted octanol–water partition coefficient (Wildman–Crippen LogP) is 4.47. The molecule has 1 aliphatic rings. The summed E-state index contributed by atoms with van der Waals surface area (Å²) in [5.74, 6) is -0.781. The molecule has 136 valence electrons. The normalized spacial score (nSPS) is 14.2. The van der Waals surface area contributed by atoms with E-state index in [4.69, 9.17) is 0 Å². The zero-order chi connectivity index (χ0) is 19.3. The second-order valence-corrected chi connectivity index (χ2v) is 7.17. The molecule has 0 aliphatic carbocycles. The van der Waals surface area contributed by atoms with Crippen LogP contribution in [0.15, 0.2) is 47.6 Å². The molecular weight excluding hydrogens is 338 g/mol. The Morgan fingerprint density at radius 3 is 2.07 bits per heavy atom. The number of rotatable bonds is 3. The SMILES string of the molecule is Cc1cc(/C=N\N2C(=O)c3cccc4cccc(c34)C2=O)c(C)n1C(C)C. The van der Waals surface area contributed by atoms with E-state index in [1.165, 1.54) is 0 Å². The number of benzene rings is 2. The van der Waals surface area contributed by atoms with Crippen molar-refractivity contribution in [1.82, 2.24) is 9.58 Å². The fraction of sp³-hybridized carbons (Fsp3) is 0.227. The summed E-state index contributed by atoms with van der Waals surface area (Å²) in [6.07, 6.45) is 1.60. The molecule has 0 radical (unpaired) electrons. The van der Waals surface area contributed by atoms with E-state index in [9.17, 15) is 9.59 Å². The Bertz CT molecular complexity index is 1070. The van der Waals surface area contributed by atoms with Gasteiger partial charge in [-0.15, -0.1) is 0 Å². The molecule has 0 N–H and O–H groups in total. The number of aromatic nitrogens is 1. The maximum Gasteiger partial charge on any atom is 0.282 e.